The molecule has 2 aromatic rings. The van der Waals surface area contributed by atoms with Crippen LogP contribution in [0.2, 0.25) is 0 Å². The molecular weight excluding hydrogens is 258 g/mol. The molecule has 20 heavy (non-hydrogen) atoms. The van der Waals surface area contributed by atoms with Gasteiger partial charge in [-0.2, -0.15) is 0 Å². The Balaban J connectivity index is 2.66. The summed E-state index contributed by atoms with van der Waals surface area (Å²) in [5.74, 6) is 1.67. The second kappa shape index (κ2) is 6.21. The monoisotopic (exact) mass is 275 g/mol. The summed E-state index contributed by atoms with van der Waals surface area (Å²) in [7, 11) is 4.72. The Morgan fingerprint density at radius 2 is 1.60 bits per heavy atom. The molecule has 0 aliphatic heterocycles. The van der Waals surface area contributed by atoms with E-state index in [0.717, 1.165) is 11.1 Å². The molecule has 6 nitrogen and oxygen atoms in total. The van der Waals surface area contributed by atoms with Gasteiger partial charge in [0, 0.05) is 24.5 Å². The van der Waals surface area contributed by atoms with Crippen molar-refractivity contribution in [3.8, 4) is 28.6 Å². The predicted octanol–water partition coefficient (Wildman–Crippen LogP) is 1.63. The Hall–Kier alpha value is -2.34. The highest BCUT2D eigenvalue weighted by Gasteiger charge is 2.16. The highest BCUT2D eigenvalue weighted by atomic mass is 16.5. The Morgan fingerprint density at radius 3 is 2.20 bits per heavy atom. The standard InChI is InChI=1S/C14H17N3O3/c1-18-11-6-9(8-15)10(7-12(11)19-2)13-14(20-3)17-5-4-16-13/h4-7H,8,15H2,1-3H3. The van der Waals surface area contributed by atoms with Crippen molar-refractivity contribution in [2.75, 3.05) is 21.3 Å². The minimum atomic E-state index is 0.343. The minimum absolute atomic E-state index is 0.343. The number of hydrogen-bond donors (Lipinski definition) is 1. The lowest BCUT2D eigenvalue weighted by Gasteiger charge is -2.14. The topological polar surface area (TPSA) is 79.5 Å². The smallest absolute Gasteiger partial charge is 0.240 e. The molecule has 0 atom stereocenters. The molecule has 1 heterocycles. The van der Waals surface area contributed by atoms with Gasteiger partial charge in [0.25, 0.3) is 0 Å². The summed E-state index contributed by atoms with van der Waals surface area (Å²) in [5.41, 5.74) is 8.12. The van der Waals surface area contributed by atoms with Crippen molar-refractivity contribution >= 4 is 0 Å². The minimum Gasteiger partial charge on any atom is -0.493 e. The van der Waals surface area contributed by atoms with Crippen LogP contribution < -0.4 is 19.9 Å². The van der Waals surface area contributed by atoms with Gasteiger partial charge in [-0.25, -0.2) is 9.97 Å². The third-order valence-corrected chi connectivity index (χ3v) is 2.94. The van der Waals surface area contributed by atoms with Crippen LogP contribution in [-0.2, 0) is 6.54 Å². The molecular formula is C14H17N3O3. The molecule has 0 saturated heterocycles. The van der Waals surface area contributed by atoms with E-state index in [1.807, 2.05) is 12.1 Å². The molecule has 2 rings (SSSR count). The number of hydrogen-bond acceptors (Lipinski definition) is 6. The first-order valence-corrected chi connectivity index (χ1v) is 6.05. The second-order valence-electron chi connectivity index (χ2n) is 3.98. The van der Waals surface area contributed by atoms with Crippen LogP contribution in [0.15, 0.2) is 24.5 Å². The number of nitrogens with two attached hydrogens (primary N) is 1. The van der Waals surface area contributed by atoms with Gasteiger partial charge in [0.05, 0.1) is 21.3 Å². The highest BCUT2D eigenvalue weighted by Crippen LogP contribution is 2.37. The number of methoxy groups -OCH3 is 3. The molecule has 1 aromatic carbocycles. The van der Waals surface area contributed by atoms with Crippen molar-refractivity contribution < 1.29 is 14.2 Å². The summed E-state index contributed by atoms with van der Waals surface area (Å²) in [6.45, 7) is 0.343. The number of benzene rings is 1. The summed E-state index contributed by atoms with van der Waals surface area (Å²) >= 11 is 0. The number of rotatable bonds is 5. The highest BCUT2D eigenvalue weighted by molar-refractivity contribution is 5.71. The maximum absolute atomic E-state index is 5.81. The van der Waals surface area contributed by atoms with Gasteiger partial charge in [0.1, 0.15) is 5.69 Å². The average molecular weight is 275 g/mol. The first kappa shape index (κ1) is 14.1. The van der Waals surface area contributed by atoms with E-state index in [4.69, 9.17) is 19.9 Å². The molecule has 0 radical (unpaired) electrons. The van der Waals surface area contributed by atoms with Crippen molar-refractivity contribution in [2.24, 2.45) is 5.73 Å². The van der Waals surface area contributed by atoms with E-state index in [0.29, 0.717) is 29.6 Å². The van der Waals surface area contributed by atoms with Crippen LogP contribution in [0, 0.1) is 0 Å². The molecule has 2 N–H and O–H groups in total. The summed E-state index contributed by atoms with van der Waals surface area (Å²) in [6, 6.07) is 3.66. The zero-order valence-electron chi connectivity index (χ0n) is 11.7. The van der Waals surface area contributed by atoms with Gasteiger partial charge in [0.15, 0.2) is 11.5 Å². The molecule has 0 aliphatic carbocycles. The number of ether oxygens (including phenoxy) is 3. The summed E-state index contributed by atoms with van der Waals surface area (Å²) in [5, 5.41) is 0. The molecule has 0 spiro atoms. The molecule has 0 fully saturated rings. The summed E-state index contributed by atoms with van der Waals surface area (Å²) in [4.78, 5) is 8.47. The van der Waals surface area contributed by atoms with Crippen LogP contribution in [0.5, 0.6) is 17.4 Å². The number of nitrogens with zero attached hydrogens (tertiary/aromatic N) is 2. The van der Waals surface area contributed by atoms with Crippen molar-refractivity contribution in [1.82, 2.24) is 9.97 Å². The van der Waals surface area contributed by atoms with E-state index in [2.05, 4.69) is 9.97 Å². The lowest BCUT2D eigenvalue weighted by Crippen LogP contribution is -2.03. The third-order valence-electron chi connectivity index (χ3n) is 2.94. The first-order valence-electron chi connectivity index (χ1n) is 6.05. The van der Waals surface area contributed by atoms with Crippen molar-refractivity contribution in [3.63, 3.8) is 0 Å². The van der Waals surface area contributed by atoms with Crippen LogP contribution >= 0.6 is 0 Å². The molecule has 0 aliphatic rings. The van der Waals surface area contributed by atoms with Gasteiger partial charge >= 0.3 is 0 Å². The largest absolute Gasteiger partial charge is 0.493 e. The van der Waals surface area contributed by atoms with Crippen LogP contribution in [0.1, 0.15) is 5.56 Å². The van der Waals surface area contributed by atoms with Gasteiger partial charge < -0.3 is 19.9 Å². The molecule has 0 bridgehead atoms. The van der Waals surface area contributed by atoms with Gasteiger partial charge in [-0.3, -0.25) is 0 Å². The Morgan fingerprint density at radius 1 is 0.950 bits per heavy atom. The summed E-state index contributed by atoms with van der Waals surface area (Å²) in [6.07, 6.45) is 3.18. The van der Waals surface area contributed by atoms with Crippen LogP contribution in [-0.4, -0.2) is 31.3 Å². The Bertz CT molecular complexity index is 602. The molecule has 6 heteroatoms. The van der Waals surface area contributed by atoms with Gasteiger partial charge in [-0.05, 0) is 17.7 Å². The fourth-order valence-electron chi connectivity index (χ4n) is 1.97. The molecule has 0 amide bonds. The zero-order valence-corrected chi connectivity index (χ0v) is 11.7. The zero-order chi connectivity index (χ0) is 14.5. The molecule has 106 valence electrons. The van der Waals surface area contributed by atoms with E-state index in [1.54, 1.807) is 33.7 Å². The quantitative estimate of drug-likeness (QED) is 0.893. The average Bonchev–Trinajstić information content (AvgIpc) is 2.53. The Kier molecular flexibility index (Phi) is 4.37. The third kappa shape index (κ3) is 2.50. The van der Waals surface area contributed by atoms with Crippen LogP contribution in [0.3, 0.4) is 0 Å². The maximum atomic E-state index is 5.81. The fraction of sp³-hybridized carbons (Fsp3) is 0.286. The fourth-order valence-corrected chi connectivity index (χ4v) is 1.97. The predicted molar refractivity (Wildman–Crippen MR) is 75.0 cm³/mol. The SMILES string of the molecule is COc1cc(CN)c(-c2nccnc2OC)cc1OC. The molecule has 1 aromatic heterocycles. The lowest BCUT2D eigenvalue weighted by molar-refractivity contribution is 0.354. The van der Waals surface area contributed by atoms with Gasteiger partial charge in [0.2, 0.25) is 5.88 Å². The van der Waals surface area contributed by atoms with E-state index >= 15 is 0 Å². The van der Waals surface area contributed by atoms with Gasteiger partial charge in [-0.1, -0.05) is 0 Å². The van der Waals surface area contributed by atoms with Gasteiger partial charge in [-0.15, -0.1) is 0 Å². The van der Waals surface area contributed by atoms with Crippen molar-refractivity contribution in [3.05, 3.63) is 30.1 Å². The van der Waals surface area contributed by atoms with Crippen LogP contribution in [0.4, 0.5) is 0 Å². The normalized spacial score (nSPS) is 10.2. The maximum Gasteiger partial charge on any atom is 0.240 e. The van der Waals surface area contributed by atoms with E-state index in [-0.39, 0.29) is 0 Å². The Labute approximate surface area is 117 Å². The van der Waals surface area contributed by atoms with E-state index < -0.39 is 0 Å². The summed E-state index contributed by atoms with van der Waals surface area (Å²) < 4.78 is 15.8. The van der Waals surface area contributed by atoms with Crippen molar-refractivity contribution in [2.45, 2.75) is 6.54 Å². The first-order chi connectivity index (χ1) is 9.74. The van der Waals surface area contributed by atoms with Crippen molar-refractivity contribution in [1.29, 1.82) is 0 Å². The number of aromatic nitrogens is 2. The van der Waals surface area contributed by atoms with E-state index in [9.17, 15) is 0 Å². The lowest BCUT2D eigenvalue weighted by atomic mass is 10.0. The second-order valence-corrected chi connectivity index (χ2v) is 3.98. The molecule has 0 saturated carbocycles. The van der Waals surface area contributed by atoms with Crippen LogP contribution in [0.25, 0.3) is 11.3 Å². The molecule has 0 unspecified atom stereocenters. The van der Waals surface area contributed by atoms with E-state index in [1.165, 1.54) is 0 Å².